The molecule has 5 heteroatoms. The van der Waals surface area contributed by atoms with E-state index in [2.05, 4.69) is 23.3 Å². The summed E-state index contributed by atoms with van der Waals surface area (Å²) >= 11 is 6.05. The van der Waals surface area contributed by atoms with Gasteiger partial charge in [0, 0.05) is 24.3 Å². The van der Waals surface area contributed by atoms with E-state index in [-0.39, 0.29) is 6.03 Å². The molecule has 1 aromatic heterocycles. The van der Waals surface area contributed by atoms with E-state index < -0.39 is 0 Å². The van der Waals surface area contributed by atoms with Crippen LogP contribution in [0.15, 0.2) is 54.4 Å². The molecule has 0 radical (unpaired) electrons. The lowest BCUT2D eigenvalue weighted by molar-refractivity contribution is 0.198. The minimum atomic E-state index is -0.0725. The molecule has 1 fully saturated rings. The lowest BCUT2D eigenvalue weighted by Gasteiger charge is -2.33. The number of nitrogens with one attached hydrogen (secondary N) is 1. The molecule has 1 aromatic carbocycles. The molecule has 0 aliphatic carbocycles. The highest BCUT2D eigenvalue weighted by atomic mass is 35.5. The van der Waals surface area contributed by atoms with E-state index in [1.807, 2.05) is 35.2 Å². The number of hydrogen-bond donors (Lipinski definition) is 1. The molecule has 0 spiro atoms. The van der Waals surface area contributed by atoms with Crippen molar-refractivity contribution in [1.29, 1.82) is 0 Å². The van der Waals surface area contributed by atoms with E-state index in [9.17, 15) is 4.79 Å². The summed E-state index contributed by atoms with van der Waals surface area (Å²) in [6, 6.07) is 11.4. The van der Waals surface area contributed by atoms with E-state index in [4.69, 9.17) is 11.6 Å². The van der Waals surface area contributed by atoms with E-state index >= 15 is 0 Å². The maximum Gasteiger partial charge on any atom is 0.321 e. The number of halogens is 1. The summed E-state index contributed by atoms with van der Waals surface area (Å²) in [4.78, 5) is 18.2. The summed E-state index contributed by atoms with van der Waals surface area (Å²) in [5.41, 5.74) is 3.18. The zero-order valence-corrected chi connectivity index (χ0v) is 14.3. The topological polar surface area (TPSA) is 45.2 Å². The standard InChI is InChI=1S/C19H20ClN3O/c1-14-13-23(19(24)22-18-6-3-8-21-12-18)9-7-16(14)10-15-4-2-5-17(20)11-15/h2-6,8,10-12,14H,7,9,13H2,1H3,(H,22,24). The highest BCUT2D eigenvalue weighted by Gasteiger charge is 2.24. The number of anilines is 1. The Hall–Kier alpha value is -2.33. The predicted octanol–water partition coefficient (Wildman–Crippen LogP) is 4.69. The van der Waals surface area contributed by atoms with Crippen LogP contribution < -0.4 is 5.32 Å². The van der Waals surface area contributed by atoms with Crippen molar-refractivity contribution in [3.8, 4) is 0 Å². The summed E-state index contributed by atoms with van der Waals surface area (Å²) in [6.45, 7) is 3.57. The number of urea groups is 1. The molecule has 1 aliphatic heterocycles. The van der Waals surface area contributed by atoms with Crippen LogP contribution in [0.3, 0.4) is 0 Å². The van der Waals surface area contributed by atoms with Gasteiger partial charge < -0.3 is 10.2 Å². The largest absolute Gasteiger partial charge is 0.324 e. The van der Waals surface area contributed by atoms with Gasteiger partial charge in [0.15, 0.2) is 0 Å². The first-order valence-electron chi connectivity index (χ1n) is 8.04. The molecule has 1 unspecified atom stereocenters. The molecule has 4 nitrogen and oxygen atoms in total. The third kappa shape index (κ3) is 4.15. The van der Waals surface area contributed by atoms with Crippen molar-refractivity contribution < 1.29 is 4.79 Å². The van der Waals surface area contributed by atoms with Crippen LogP contribution in [0.25, 0.3) is 6.08 Å². The van der Waals surface area contributed by atoms with Gasteiger partial charge in [-0.3, -0.25) is 4.98 Å². The van der Waals surface area contributed by atoms with E-state index in [0.29, 0.717) is 19.0 Å². The van der Waals surface area contributed by atoms with E-state index in [0.717, 1.165) is 22.7 Å². The molecule has 1 aliphatic rings. The molecule has 1 N–H and O–H groups in total. The Kier molecular flexibility index (Phi) is 5.16. The third-order valence-electron chi connectivity index (χ3n) is 4.20. The normalized spacial score (nSPS) is 19.3. The highest BCUT2D eigenvalue weighted by Crippen LogP contribution is 2.26. The van der Waals surface area contributed by atoms with Gasteiger partial charge in [0.2, 0.25) is 0 Å². The van der Waals surface area contributed by atoms with Crippen LogP contribution in [0.2, 0.25) is 5.02 Å². The first-order chi connectivity index (χ1) is 11.6. The summed E-state index contributed by atoms with van der Waals surface area (Å²) in [5.74, 6) is 0.317. The Bertz CT molecular complexity index is 745. The van der Waals surface area contributed by atoms with Crippen LogP contribution in [0.1, 0.15) is 18.9 Å². The number of likely N-dealkylation sites (tertiary alicyclic amines) is 1. The summed E-state index contributed by atoms with van der Waals surface area (Å²) < 4.78 is 0. The monoisotopic (exact) mass is 341 g/mol. The quantitative estimate of drug-likeness (QED) is 0.861. The number of pyridine rings is 1. The van der Waals surface area contributed by atoms with Crippen LogP contribution in [-0.4, -0.2) is 29.0 Å². The molecule has 2 aromatic rings. The second-order valence-electron chi connectivity index (χ2n) is 6.04. The molecule has 1 saturated heterocycles. The van der Waals surface area contributed by atoms with Crippen LogP contribution in [-0.2, 0) is 0 Å². The van der Waals surface area contributed by atoms with Crippen molar-refractivity contribution in [2.24, 2.45) is 5.92 Å². The summed E-state index contributed by atoms with van der Waals surface area (Å²) in [6.07, 6.45) is 6.39. The molecule has 2 heterocycles. The van der Waals surface area contributed by atoms with E-state index in [1.165, 1.54) is 5.57 Å². The lowest BCUT2D eigenvalue weighted by atomic mass is 9.91. The average Bonchev–Trinajstić information content (AvgIpc) is 2.57. The maximum atomic E-state index is 12.4. The Morgan fingerprint density at radius 2 is 2.25 bits per heavy atom. The SMILES string of the molecule is CC1CN(C(=O)Nc2cccnc2)CCC1=Cc1cccc(Cl)c1. The zero-order valence-electron chi connectivity index (χ0n) is 13.6. The maximum absolute atomic E-state index is 12.4. The fourth-order valence-corrected chi connectivity index (χ4v) is 3.10. The van der Waals surface area contributed by atoms with Gasteiger partial charge >= 0.3 is 6.03 Å². The van der Waals surface area contributed by atoms with E-state index in [1.54, 1.807) is 18.5 Å². The molecule has 0 saturated carbocycles. The van der Waals surface area contributed by atoms with Crippen LogP contribution in [0, 0.1) is 5.92 Å². The molecular weight excluding hydrogens is 322 g/mol. The number of nitrogens with zero attached hydrogens (tertiary/aromatic N) is 2. The van der Waals surface area contributed by atoms with Crippen molar-refractivity contribution in [1.82, 2.24) is 9.88 Å². The van der Waals surface area contributed by atoms with Gasteiger partial charge in [-0.05, 0) is 42.2 Å². The number of rotatable bonds is 2. The second kappa shape index (κ2) is 7.49. The van der Waals surface area contributed by atoms with Crippen molar-refractivity contribution in [3.05, 3.63) is 65.0 Å². The van der Waals surface area contributed by atoms with Gasteiger partial charge in [-0.25, -0.2) is 4.79 Å². The molecule has 124 valence electrons. The van der Waals surface area contributed by atoms with Gasteiger partial charge in [-0.15, -0.1) is 0 Å². The first-order valence-corrected chi connectivity index (χ1v) is 8.41. The Labute approximate surface area is 147 Å². The van der Waals surface area contributed by atoms with Crippen molar-refractivity contribution >= 4 is 29.4 Å². The number of piperidine rings is 1. The summed E-state index contributed by atoms with van der Waals surface area (Å²) in [5, 5.41) is 3.63. The molecule has 1 atom stereocenters. The molecule has 0 bridgehead atoms. The zero-order chi connectivity index (χ0) is 16.9. The van der Waals surface area contributed by atoms with Crippen LogP contribution in [0.5, 0.6) is 0 Å². The number of amides is 2. The fourth-order valence-electron chi connectivity index (χ4n) is 2.90. The molecule has 2 amide bonds. The lowest BCUT2D eigenvalue weighted by Crippen LogP contribution is -2.42. The minimum Gasteiger partial charge on any atom is -0.324 e. The van der Waals surface area contributed by atoms with Crippen LogP contribution in [0.4, 0.5) is 10.5 Å². The average molecular weight is 342 g/mol. The van der Waals surface area contributed by atoms with Crippen LogP contribution >= 0.6 is 11.6 Å². The van der Waals surface area contributed by atoms with Gasteiger partial charge in [-0.1, -0.05) is 42.3 Å². The molecular formula is C19H20ClN3O. The number of carbonyl (C=O) groups excluding carboxylic acids is 1. The first kappa shape index (κ1) is 16.5. The van der Waals surface area contributed by atoms with Crippen molar-refractivity contribution in [3.63, 3.8) is 0 Å². The minimum absolute atomic E-state index is 0.0725. The summed E-state index contributed by atoms with van der Waals surface area (Å²) in [7, 11) is 0. The van der Waals surface area contributed by atoms with Crippen molar-refractivity contribution in [2.75, 3.05) is 18.4 Å². The van der Waals surface area contributed by atoms with Crippen molar-refractivity contribution in [2.45, 2.75) is 13.3 Å². The highest BCUT2D eigenvalue weighted by molar-refractivity contribution is 6.30. The smallest absolute Gasteiger partial charge is 0.321 e. The predicted molar refractivity (Wildman–Crippen MR) is 98.0 cm³/mol. The Morgan fingerprint density at radius 1 is 1.38 bits per heavy atom. The third-order valence-corrected chi connectivity index (χ3v) is 4.43. The molecule has 3 rings (SSSR count). The number of benzene rings is 1. The van der Waals surface area contributed by atoms with Gasteiger partial charge in [-0.2, -0.15) is 0 Å². The number of hydrogen-bond acceptors (Lipinski definition) is 2. The van der Waals surface area contributed by atoms with Gasteiger partial charge in [0.05, 0.1) is 11.9 Å². The second-order valence-corrected chi connectivity index (χ2v) is 6.48. The molecule has 24 heavy (non-hydrogen) atoms. The van der Waals surface area contributed by atoms with Gasteiger partial charge in [0.1, 0.15) is 0 Å². The Morgan fingerprint density at radius 3 is 2.96 bits per heavy atom. The number of aromatic nitrogens is 1. The van der Waals surface area contributed by atoms with Gasteiger partial charge in [0.25, 0.3) is 0 Å². The number of carbonyl (C=O) groups is 1. The Balaban J connectivity index is 1.63. The fraction of sp³-hybridized carbons (Fsp3) is 0.263.